The van der Waals surface area contributed by atoms with Gasteiger partial charge in [0.15, 0.2) is 0 Å². The van der Waals surface area contributed by atoms with Crippen molar-refractivity contribution in [2.24, 2.45) is 5.73 Å². The summed E-state index contributed by atoms with van der Waals surface area (Å²) in [6.07, 6.45) is 0. The van der Waals surface area contributed by atoms with Crippen LogP contribution in [0, 0.1) is 11.8 Å². The molecule has 1 atom stereocenters. The first kappa shape index (κ1) is 15.7. The molecule has 0 bridgehead atoms. The van der Waals surface area contributed by atoms with Crippen LogP contribution in [-0.2, 0) is 10.0 Å². The van der Waals surface area contributed by atoms with E-state index in [1.54, 1.807) is 24.3 Å². The maximum atomic E-state index is 12.4. The molecule has 0 amide bonds. The van der Waals surface area contributed by atoms with Crippen LogP contribution in [0.1, 0.15) is 23.4 Å². The SMILES string of the molecule is CC(NS(=O)(=O)c1cccc(C#CCN)c1)c1cccs1. The van der Waals surface area contributed by atoms with E-state index in [1.807, 2.05) is 24.4 Å². The highest BCUT2D eigenvalue weighted by Gasteiger charge is 2.18. The molecule has 0 spiro atoms. The first-order chi connectivity index (χ1) is 10.0. The van der Waals surface area contributed by atoms with Crippen molar-refractivity contribution in [2.75, 3.05) is 6.54 Å². The molecule has 1 aromatic heterocycles. The molecule has 1 unspecified atom stereocenters. The molecule has 21 heavy (non-hydrogen) atoms. The maximum absolute atomic E-state index is 12.4. The van der Waals surface area contributed by atoms with Crippen LogP contribution in [0.4, 0.5) is 0 Å². The molecule has 0 aliphatic carbocycles. The van der Waals surface area contributed by atoms with Gasteiger partial charge in [-0.3, -0.25) is 0 Å². The molecule has 0 aliphatic heterocycles. The van der Waals surface area contributed by atoms with Crippen LogP contribution >= 0.6 is 11.3 Å². The van der Waals surface area contributed by atoms with E-state index in [0.717, 1.165) is 4.88 Å². The Balaban J connectivity index is 2.23. The second kappa shape index (κ2) is 6.87. The lowest BCUT2D eigenvalue weighted by Gasteiger charge is -2.13. The van der Waals surface area contributed by atoms with Gasteiger partial charge in [0.05, 0.1) is 17.5 Å². The Hall–Kier alpha value is -1.65. The maximum Gasteiger partial charge on any atom is 0.241 e. The van der Waals surface area contributed by atoms with E-state index in [4.69, 9.17) is 5.73 Å². The minimum atomic E-state index is -3.58. The smallest absolute Gasteiger partial charge is 0.241 e. The molecule has 0 saturated heterocycles. The number of rotatable bonds is 4. The van der Waals surface area contributed by atoms with Gasteiger partial charge in [-0.2, -0.15) is 0 Å². The Labute approximate surface area is 129 Å². The molecule has 2 rings (SSSR count). The molecule has 2 aromatic rings. The Kier molecular flexibility index (Phi) is 5.15. The molecule has 0 aliphatic rings. The number of nitrogens with one attached hydrogen (secondary N) is 1. The fraction of sp³-hybridized carbons (Fsp3) is 0.200. The van der Waals surface area contributed by atoms with Crippen molar-refractivity contribution in [3.63, 3.8) is 0 Å². The third kappa shape index (κ3) is 4.16. The Morgan fingerprint density at radius 2 is 2.14 bits per heavy atom. The Morgan fingerprint density at radius 3 is 2.81 bits per heavy atom. The summed E-state index contributed by atoms with van der Waals surface area (Å²) in [5, 5.41) is 1.92. The van der Waals surface area contributed by atoms with E-state index < -0.39 is 10.0 Å². The van der Waals surface area contributed by atoms with E-state index >= 15 is 0 Å². The monoisotopic (exact) mass is 320 g/mol. The van der Waals surface area contributed by atoms with Gasteiger partial charge >= 0.3 is 0 Å². The zero-order chi connectivity index (χ0) is 15.3. The van der Waals surface area contributed by atoms with Crippen molar-refractivity contribution in [2.45, 2.75) is 17.9 Å². The summed E-state index contributed by atoms with van der Waals surface area (Å²) < 4.78 is 27.4. The van der Waals surface area contributed by atoms with Crippen LogP contribution in [0.2, 0.25) is 0 Å². The number of sulfonamides is 1. The zero-order valence-electron chi connectivity index (χ0n) is 11.5. The van der Waals surface area contributed by atoms with Gasteiger partial charge in [-0.25, -0.2) is 13.1 Å². The Bertz CT molecular complexity index is 756. The molecule has 1 aromatic carbocycles. The first-order valence-electron chi connectivity index (χ1n) is 6.37. The topological polar surface area (TPSA) is 72.2 Å². The molecular weight excluding hydrogens is 304 g/mol. The van der Waals surface area contributed by atoms with Crippen LogP contribution in [0.5, 0.6) is 0 Å². The number of hydrogen-bond donors (Lipinski definition) is 2. The zero-order valence-corrected chi connectivity index (χ0v) is 13.2. The largest absolute Gasteiger partial charge is 0.320 e. The lowest BCUT2D eigenvalue weighted by molar-refractivity contribution is 0.568. The third-order valence-electron chi connectivity index (χ3n) is 2.78. The van der Waals surface area contributed by atoms with E-state index in [1.165, 1.54) is 11.3 Å². The molecule has 0 saturated carbocycles. The van der Waals surface area contributed by atoms with Crippen LogP contribution in [-0.4, -0.2) is 15.0 Å². The molecule has 0 fully saturated rings. The third-order valence-corrected chi connectivity index (χ3v) is 5.37. The summed E-state index contributed by atoms with van der Waals surface area (Å²) in [4.78, 5) is 1.17. The van der Waals surface area contributed by atoms with Crippen molar-refractivity contribution in [1.82, 2.24) is 4.72 Å². The predicted molar refractivity (Wildman–Crippen MR) is 85.4 cm³/mol. The molecular formula is C15H16N2O2S2. The van der Waals surface area contributed by atoms with Gasteiger partial charge in [-0.05, 0) is 36.6 Å². The summed E-state index contributed by atoms with van der Waals surface area (Å²) >= 11 is 1.52. The highest BCUT2D eigenvalue weighted by Crippen LogP contribution is 2.21. The second-order valence-corrected chi connectivity index (χ2v) is 7.09. The van der Waals surface area contributed by atoms with Crippen molar-refractivity contribution in [1.29, 1.82) is 0 Å². The molecule has 3 N–H and O–H groups in total. The summed E-state index contributed by atoms with van der Waals surface area (Å²) in [5.41, 5.74) is 5.95. The van der Waals surface area contributed by atoms with Crippen molar-refractivity contribution >= 4 is 21.4 Å². The van der Waals surface area contributed by atoms with Crippen LogP contribution in [0.3, 0.4) is 0 Å². The van der Waals surface area contributed by atoms with E-state index in [2.05, 4.69) is 16.6 Å². The number of nitrogens with two attached hydrogens (primary N) is 1. The van der Waals surface area contributed by atoms with E-state index in [0.29, 0.717) is 5.56 Å². The van der Waals surface area contributed by atoms with Gasteiger partial charge in [-0.15, -0.1) is 11.3 Å². The van der Waals surface area contributed by atoms with E-state index in [-0.39, 0.29) is 17.5 Å². The Morgan fingerprint density at radius 1 is 1.33 bits per heavy atom. The summed E-state index contributed by atoms with van der Waals surface area (Å²) in [5.74, 6) is 5.54. The quantitative estimate of drug-likeness (QED) is 0.847. The highest BCUT2D eigenvalue weighted by molar-refractivity contribution is 7.89. The summed E-state index contributed by atoms with van der Waals surface area (Å²) in [6.45, 7) is 2.06. The van der Waals surface area contributed by atoms with Gasteiger partial charge in [0, 0.05) is 10.4 Å². The molecule has 6 heteroatoms. The lowest BCUT2D eigenvalue weighted by Crippen LogP contribution is -2.26. The van der Waals surface area contributed by atoms with E-state index in [9.17, 15) is 8.42 Å². The fourth-order valence-electron chi connectivity index (χ4n) is 1.79. The lowest BCUT2D eigenvalue weighted by atomic mass is 10.2. The second-order valence-electron chi connectivity index (χ2n) is 4.39. The standard InChI is InChI=1S/C15H16N2O2S2/c1-12(15-8-4-10-20-15)17-21(18,19)14-7-2-5-13(11-14)6-3-9-16/h2,4-5,7-8,10-12,17H,9,16H2,1H3. The predicted octanol–water partition coefficient (Wildman–Crippen LogP) is 2.10. The molecule has 110 valence electrons. The first-order valence-corrected chi connectivity index (χ1v) is 8.74. The minimum Gasteiger partial charge on any atom is -0.320 e. The normalized spacial score (nSPS) is 12.5. The van der Waals surface area contributed by atoms with Gasteiger partial charge in [0.1, 0.15) is 0 Å². The van der Waals surface area contributed by atoms with Crippen LogP contribution < -0.4 is 10.5 Å². The average Bonchev–Trinajstić information content (AvgIpc) is 2.99. The van der Waals surface area contributed by atoms with Gasteiger partial charge in [0.2, 0.25) is 10.0 Å². The number of benzene rings is 1. The van der Waals surface area contributed by atoms with Crippen molar-refractivity contribution in [3.05, 3.63) is 52.2 Å². The summed E-state index contributed by atoms with van der Waals surface area (Å²) in [7, 11) is -3.58. The van der Waals surface area contributed by atoms with Crippen LogP contribution in [0.25, 0.3) is 0 Å². The van der Waals surface area contributed by atoms with Gasteiger partial charge < -0.3 is 5.73 Å². The average molecular weight is 320 g/mol. The van der Waals surface area contributed by atoms with Crippen molar-refractivity contribution < 1.29 is 8.42 Å². The van der Waals surface area contributed by atoms with Crippen LogP contribution in [0.15, 0.2) is 46.7 Å². The number of hydrogen-bond acceptors (Lipinski definition) is 4. The fourth-order valence-corrected chi connectivity index (χ4v) is 3.87. The number of thiophene rings is 1. The molecule has 1 heterocycles. The summed E-state index contributed by atoms with van der Waals surface area (Å²) in [6, 6.07) is 10.1. The highest BCUT2D eigenvalue weighted by atomic mass is 32.2. The minimum absolute atomic E-state index is 0.203. The molecule has 0 radical (unpaired) electrons. The molecule has 4 nitrogen and oxygen atoms in total. The van der Waals surface area contributed by atoms with Crippen molar-refractivity contribution in [3.8, 4) is 11.8 Å². The van der Waals surface area contributed by atoms with Gasteiger partial charge in [-0.1, -0.05) is 24.0 Å². The van der Waals surface area contributed by atoms with Gasteiger partial charge in [0.25, 0.3) is 0 Å².